The number of aromatic nitrogens is 4. The zero-order valence-corrected chi connectivity index (χ0v) is 35.9. The number of nitrogens with zero attached hydrogens (tertiary/aromatic N) is 4. The Morgan fingerprint density at radius 1 is 0.528 bits per heavy atom. The molecule has 0 bridgehead atoms. The van der Waals surface area contributed by atoms with E-state index in [1.54, 1.807) is 11.3 Å². The summed E-state index contributed by atoms with van der Waals surface area (Å²) in [6.07, 6.45) is 29.1. The zero-order chi connectivity index (χ0) is 36.3. The van der Waals surface area contributed by atoms with Gasteiger partial charge < -0.3 is 0 Å². The summed E-state index contributed by atoms with van der Waals surface area (Å²) in [7, 11) is 0. The van der Waals surface area contributed by atoms with E-state index in [-0.39, 0.29) is 40.1 Å². The van der Waals surface area contributed by atoms with Gasteiger partial charge in [0.2, 0.25) is 0 Å². The molecule has 0 amide bonds. The summed E-state index contributed by atoms with van der Waals surface area (Å²) < 4.78 is 10.8. The zero-order valence-electron chi connectivity index (χ0n) is 31.7. The Labute approximate surface area is 328 Å². The Morgan fingerprint density at radius 2 is 0.887 bits per heavy atom. The van der Waals surface area contributed by atoms with Gasteiger partial charge in [-0.25, -0.2) is 0 Å². The van der Waals surface area contributed by atoms with Crippen LogP contribution < -0.4 is 11.1 Å². The number of hydrogen-bond acceptors (Lipinski definition) is 5. The molecule has 0 aliphatic carbocycles. The third-order valence-corrected chi connectivity index (χ3v) is 17.2. The number of fused-ring (bicyclic) bond motifs is 8. The van der Waals surface area contributed by atoms with Gasteiger partial charge in [-0.3, -0.25) is 0 Å². The standard InChI is InChI=1S/C44H54N4O2SSe2/c1-3-5-7-9-11-13-15-17-19-21-23-29-27-33-41(52-29)45-39-37-35-31(43(49)47(33)39)25-26-32-36(35)38(51-37)40-46-42-34(48(40)44(32)50)28-30(53-42)24-22-20-18-16-14-12-10-8-6-4-2/h25-28H,3-24H2,1-2H3. The molecule has 7 aromatic heterocycles. The predicted molar refractivity (Wildman–Crippen MR) is 229 cm³/mol. The minimum atomic E-state index is -0.0175. The number of hydrogen-bond donors (Lipinski definition) is 0. The molecule has 0 aliphatic heterocycles. The average molecular weight is 861 g/mol. The van der Waals surface area contributed by atoms with E-state index in [1.807, 2.05) is 20.9 Å². The van der Waals surface area contributed by atoms with E-state index in [1.165, 1.54) is 137 Å². The van der Waals surface area contributed by atoms with Gasteiger partial charge in [-0.2, -0.15) is 0 Å². The molecule has 0 unspecified atom stereocenters. The molecule has 6 nitrogen and oxygen atoms in total. The maximum absolute atomic E-state index is 14.2. The number of imidazole rings is 2. The van der Waals surface area contributed by atoms with Crippen LogP contribution in [0.4, 0.5) is 0 Å². The molecule has 0 radical (unpaired) electrons. The fourth-order valence-electron chi connectivity index (χ4n) is 8.57. The molecule has 0 fully saturated rings. The molecule has 0 saturated carbocycles. The third-order valence-electron chi connectivity index (χ3n) is 11.5. The molecule has 8 rings (SSSR count). The van der Waals surface area contributed by atoms with E-state index in [4.69, 9.17) is 9.97 Å². The molecule has 0 atom stereocenters. The van der Waals surface area contributed by atoms with Crippen molar-refractivity contribution in [2.75, 3.05) is 0 Å². The second-order valence-corrected chi connectivity index (χ2v) is 21.2. The number of benzene rings is 1. The van der Waals surface area contributed by atoms with Gasteiger partial charge >= 0.3 is 316 Å². The number of thiophene rings is 1. The second-order valence-electron chi connectivity index (χ2n) is 15.5. The van der Waals surface area contributed by atoms with Crippen molar-refractivity contribution in [1.82, 2.24) is 18.8 Å². The van der Waals surface area contributed by atoms with Crippen molar-refractivity contribution in [1.29, 1.82) is 0 Å². The van der Waals surface area contributed by atoms with Crippen LogP contribution in [0.1, 0.15) is 151 Å². The van der Waals surface area contributed by atoms with E-state index >= 15 is 0 Å². The van der Waals surface area contributed by atoms with Crippen molar-refractivity contribution in [3.63, 3.8) is 0 Å². The second kappa shape index (κ2) is 17.1. The SMILES string of the molecule is CCCCCCCCCCCCc1cc2c(nc3c4sc5c6c(ccc(c(=O)n23)c46)c(=O)n2c3cc(CCCCCCCCCCCC)[se]c3nc52)[se]1. The molecule has 0 saturated heterocycles. The van der Waals surface area contributed by atoms with Gasteiger partial charge in [0.15, 0.2) is 0 Å². The molecule has 0 spiro atoms. The normalized spacial score (nSPS) is 12.6. The van der Waals surface area contributed by atoms with Gasteiger partial charge in [0.1, 0.15) is 0 Å². The summed E-state index contributed by atoms with van der Waals surface area (Å²) in [6.45, 7) is 4.56. The van der Waals surface area contributed by atoms with Gasteiger partial charge in [-0.05, 0) is 0 Å². The summed E-state index contributed by atoms with van der Waals surface area (Å²) in [5, 5.41) is 3.16. The number of rotatable bonds is 22. The van der Waals surface area contributed by atoms with Gasteiger partial charge in [0.05, 0.1) is 0 Å². The molecular formula is C44H54N4O2SSe2. The van der Waals surface area contributed by atoms with Crippen molar-refractivity contribution in [3.05, 3.63) is 53.8 Å². The van der Waals surface area contributed by atoms with Gasteiger partial charge in [0.25, 0.3) is 0 Å². The average Bonchev–Trinajstić information content (AvgIpc) is 3.97. The van der Waals surface area contributed by atoms with Gasteiger partial charge in [-0.1, -0.05) is 13.8 Å². The Morgan fingerprint density at radius 3 is 1.26 bits per heavy atom. The Kier molecular flexibility index (Phi) is 12.0. The summed E-state index contributed by atoms with van der Waals surface area (Å²) in [6, 6.07) is 8.31. The van der Waals surface area contributed by atoms with Crippen LogP contribution in [0.25, 0.3) is 62.1 Å². The number of unbranched alkanes of at least 4 members (excludes halogenated alkanes) is 18. The van der Waals surface area contributed by atoms with Crippen LogP contribution in [0.15, 0.2) is 33.9 Å². The fourth-order valence-corrected chi connectivity index (χ4v) is 14.3. The van der Waals surface area contributed by atoms with Crippen molar-refractivity contribution >= 4 is 102 Å². The molecule has 1 aromatic carbocycles. The molecule has 9 heteroatoms. The predicted octanol–water partition coefficient (Wildman–Crippen LogP) is 11.4. The fraction of sp³-hybridized carbons (Fsp3) is 0.545. The van der Waals surface area contributed by atoms with Crippen LogP contribution in [-0.2, 0) is 12.8 Å². The molecule has 280 valence electrons. The van der Waals surface area contributed by atoms with Crippen molar-refractivity contribution in [3.8, 4) is 0 Å². The molecule has 53 heavy (non-hydrogen) atoms. The summed E-state index contributed by atoms with van der Waals surface area (Å²) in [4.78, 5) is 38.7. The summed E-state index contributed by atoms with van der Waals surface area (Å²) in [5.41, 5.74) is 3.44. The minimum absolute atomic E-state index is 0.0175. The van der Waals surface area contributed by atoms with Crippen LogP contribution in [0.2, 0.25) is 0 Å². The van der Waals surface area contributed by atoms with E-state index in [2.05, 4.69) is 26.0 Å². The van der Waals surface area contributed by atoms with Crippen molar-refractivity contribution in [2.24, 2.45) is 0 Å². The molecular weight excluding hydrogens is 806 g/mol. The first-order valence-corrected chi connectivity index (χ1v) is 25.0. The van der Waals surface area contributed by atoms with Crippen LogP contribution in [-0.4, -0.2) is 47.8 Å². The molecule has 0 aliphatic rings. The molecule has 7 heterocycles. The monoisotopic (exact) mass is 862 g/mol. The van der Waals surface area contributed by atoms with Gasteiger partial charge in [-0.15, -0.1) is 0 Å². The Balaban J connectivity index is 1.00. The maximum atomic E-state index is 14.2. The molecule has 0 N–H and O–H groups in total. The number of aryl methyl sites for hydroxylation is 2. The first kappa shape index (κ1) is 37.4. The number of pyridine rings is 2. The first-order valence-electron chi connectivity index (χ1n) is 20.8. The van der Waals surface area contributed by atoms with Crippen LogP contribution >= 0.6 is 11.3 Å². The van der Waals surface area contributed by atoms with Crippen LogP contribution in [0, 0.1) is 0 Å². The topological polar surface area (TPSA) is 68.7 Å². The van der Waals surface area contributed by atoms with Crippen LogP contribution in [0.5, 0.6) is 0 Å². The van der Waals surface area contributed by atoms with Crippen molar-refractivity contribution in [2.45, 2.75) is 155 Å². The van der Waals surface area contributed by atoms with E-state index in [9.17, 15) is 9.59 Å². The van der Waals surface area contributed by atoms with Crippen molar-refractivity contribution < 1.29 is 0 Å². The Hall–Kier alpha value is -2.54. The summed E-state index contributed by atoms with van der Waals surface area (Å²) >= 11 is 1.97. The van der Waals surface area contributed by atoms with E-state index in [0.29, 0.717) is 10.8 Å². The quantitative estimate of drug-likeness (QED) is 0.0387. The van der Waals surface area contributed by atoms with Crippen LogP contribution in [0.3, 0.4) is 0 Å². The van der Waals surface area contributed by atoms with E-state index < -0.39 is 0 Å². The molecule has 8 aromatic rings. The van der Waals surface area contributed by atoms with Gasteiger partial charge in [0, 0.05) is 0 Å². The van der Waals surface area contributed by atoms with E-state index in [0.717, 1.165) is 64.1 Å². The first-order chi connectivity index (χ1) is 26.1. The third kappa shape index (κ3) is 7.43. The Bertz CT molecular complexity index is 2400. The summed E-state index contributed by atoms with van der Waals surface area (Å²) in [5.74, 6) is 0.